The van der Waals surface area contributed by atoms with Crippen molar-refractivity contribution >= 4 is 17.6 Å². The number of hydrogen-bond acceptors (Lipinski definition) is 5. The third kappa shape index (κ3) is 2.45. The normalized spacial score (nSPS) is 17.9. The van der Waals surface area contributed by atoms with E-state index >= 15 is 0 Å². The Morgan fingerprint density at radius 3 is 3.19 bits per heavy atom. The van der Waals surface area contributed by atoms with Crippen LogP contribution in [-0.4, -0.2) is 49.8 Å². The van der Waals surface area contributed by atoms with E-state index in [0.717, 1.165) is 12.8 Å². The van der Waals surface area contributed by atoms with Crippen molar-refractivity contribution in [3.8, 4) is 6.07 Å². The first kappa shape index (κ1) is 13.2. The lowest BCUT2D eigenvalue weighted by atomic mass is 10.2. The molecule has 21 heavy (non-hydrogen) atoms. The minimum Gasteiger partial charge on any atom is -0.465 e. The van der Waals surface area contributed by atoms with Gasteiger partial charge in [-0.1, -0.05) is 0 Å². The summed E-state index contributed by atoms with van der Waals surface area (Å²) in [5.74, 6) is 0.592. The van der Waals surface area contributed by atoms with E-state index in [9.17, 15) is 4.79 Å². The smallest absolute Gasteiger partial charge is 0.407 e. The Balaban J connectivity index is 1.73. The standard InChI is InChI=1S/C13H14N6O2/c14-6-10-8-16-12-4-3-11(17-19(10)12)15-7-9-2-1-5-18(9)13(20)21/h3-4,8-9H,1-2,5,7H2,(H,15,17)(H,20,21)/t9-/m0/s1. The van der Waals surface area contributed by atoms with Gasteiger partial charge < -0.3 is 15.3 Å². The molecule has 2 N–H and O–H groups in total. The number of hydrogen-bond donors (Lipinski definition) is 2. The second-order valence-electron chi connectivity index (χ2n) is 4.90. The van der Waals surface area contributed by atoms with E-state index in [1.54, 1.807) is 12.1 Å². The van der Waals surface area contributed by atoms with Gasteiger partial charge in [0.1, 0.15) is 11.9 Å². The summed E-state index contributed by atoms with van der Waals surface area (Å²) in [5, 5.41) is 25.5. The number of nitrogens with one attached hydrogen (secondary N) is 1. The molecule has 108 valence electrons. The molecule has 3 heterocycles. The van der Waals surface area contributed by atoms with Gasteiger partial charge in [-0.15, -0.1) is 5.10 Å². The molecule has 8 heteroatoms. The highest BCUT2D eigenvalue weighted by Gasteiger charge is 2.28. The van der Waals surface area contributed by atoms with E-state index in [4.69, 9.17) is 10.4 Å². The second-order valence-corrected chi connectivity index (χ2v) is 4.90. The van der Waals surface area contributed by atoms with Crippen LogP contribution in [0.15, 0.2) is 18.3 Å². The Morgan fingerprint density at radius 2 is 2.43 bits per heavy atom. The molecule has 0 unspecified atom stereocenters. The lowest BCUT2D eigenvalue weighted by Crippen LogP contribution is -2.38. The van der Waals surface area contributed by atoms with Crippen LogP contribution in [0, 0.1) is 11.3 Å². The van der Waals surface area contributed by atoms with Gasteiger partial charge in [0, 0.05) is 13.1 Å². The Kier molecular flexibility index (Phi) is 3.31. The SMILES string of the molecule is N#Cc1cnc2ccc(NC[C@@H]3CCCN3C(=O)O)nn12. The van der Waals surface area contributed by atoms with Crippen molar-refractivity contribution in [1.82, 2.24) is 19.5 Å². The van der Waals surface area contributed by atoms with Crippen molar-refractivity contribution in [1.29, 1.82) is 5.26 Å². The monoisotopic (exact) mass is 286 g/mol. The number of anilines is 1. The molecule has 0 bridgehead atoms. The number of imidazole rings is 1. The van der Waals surface area contributed by atoms with Crippen LogP contribution >= 0.6 is 0 Å². The van der Waals surface area contributed by atoms with E-state index in [0.29, 0.717) is 30.2 Å². The summed E-state index contributed by atoms with van der Waals surface area (Å²) in [4.78, 5) is 16.6. The third-order valence-corrected chi connectivity index (χ3v) is 3.62. The summed E-state index contributed by atoms with van der Waals surface area (Å²) in [6.45, 7) is 1.08. The molecule has 2 aromatic heterocycles. The number of nitrogens with zero attached hydrogens (tertiary/aromatic N) is 5. The van der Waals surface area contributed by atoms with Gasteiger partial charge in [0.05, 0.1) is 12.2 Å². The van der Waals surface area contributed by atoms with Gasteiger partial charge in [-0.05, 0) is 25.0 Å². The first-order valence-corrected chi connectivity index (χ1v) is 6.67. The van der Waals surface area contributed by atoms with Gasteiger partial charge in [0.25, 0.3) is 0 Å². The molecule has 0 radical (unpaired) electrons. The zero-order valence-electron chi connectivity index (χ0n) is 11.2. The molecule has 1 fully saturated rings. The Labute approximate surface area is 120 Å². The fraction of sp³-hybridized carbons (Fsp3) is 0.385. The largest absolute Gasteiger partial charge is 0.465 e. The highest BCUT2D eigenvalue weighted by Crippen LogP contribution is 2.18. The molecule has 0 saturated carbocycles. The molecule has 2 aromatic rings. The van der Waals surface area contributed by atoms with E-state index in [1.165, 1.54) is 15.6 Å². The summed E-state index contributed by atoms with van der Waals surface area (Å²) in [7, 11) is 0. The van der Waals surface area contributed by atoms with Crippen molar-refractivity contribution < 1.29 is 9.90 Å². The highest BCUT2D eigenvalue weighted by atomic mass is 16.4. The maximum atomic E-state index is 11.1. The number of fused-ring (bicyclic) bond motifs is 1. The average Bonchev–Trinajstić information content (AvgIpc) is 3.11. The molecular weight excluding hydrogens is 272 g/mol. The van der Waals surface area contributed by atoms with Crippen LogP contribution < -0.4 is 5.32 Å². The van der Waals surface area contributed by atoms with Crippen LogP contribution in [0.3, 0.4) is 0 Å². The van der Waals surface area contributed by atoms with Crippen molar-refractivity contribution in [2.45, 2.75) is 18.9 Å². The summed E-state index contributed by atoms with van der Waals surface area (Å²) < 4.78 is 1.46. The number of amides is 1. The van der Waals surface area contributed by atoms with Crippen LogP contribution in [0.5, 0.6) is 0 Å². The highest BCUT2D eigenvalue weighted by molar-refractivity contribution is 5.66. The molecule has 0 aromatic carbocycles. The lowest BCUT2D eigenvalue weighted by Gasteiger charge is -2.21. The lowest BCUT2D eigenvalue weighted by molar-refractivity contribution is 0.142. The van der Waals surface area contributed by atoms with E-state index in [-0.39, 0.29) is 6.04 Å². The Bertz CT molecular complexity index is 719. The summed E-state index contributed by atoms with van der Waals surface area (Å²) in [6.07, 6.45) is 2.31. The zero-order valence-corrected chi connectivity index (χ0v) is 11.2. The van der Waals surface area contributed by atoms with Crippen LogP contribution in [0.1, 0.15) is 18.5 Å². The number of rotatable bonds is 3. The van der Waals surface area contributed by atoms with Crippen molar-refractivity contribution in [2.24, 2.45) is 0 Å². The van der Waals surface area contributed by atoms with Crippen LogP contribution in [0.2, 0.25) is 0 Å². The van der Waals surface area contributed by atoms with Gasteiger partial charge in [-0.2, -0.15) is 5.26 Å². The quantitative estimate of drug-likeness (QED) is 0.876. The molecule has 1 atom stereocenters. The van der Waals surface area contributed by atoms with Crippen molar-refractivity contribution in [2.75, 3.05) is 18.4 Å². The summed E-state index contributed by atoms with van der Waals surface area (Å²) in [6, 6.07) is 5.51. The number of carbonyl (C=O) groups is 1. The third-order valence-electron chi connectivity index (χ3n) is 3.62. The Morgan fingerprint density at radius 1 is 1.57 bits per heavy atom. The first-order valence-electron chi connectivity index (χ1n) is 6.67. The molecule has 0 spiro atoms. The van der Waals surface area contributed by atoms with E-state index < -0.39 is 6.09 Å². The van der Waals surface area contributed by atoms with Gasteiger partial charge in [-0.25, -0.2) is 14.3 Å². The predicted octanol–water partition coefficient (Wildman–Crippen LogP) is 1.16. The maximum absolute atomic E-state index is 11.1. The second kappa shape index (κ2) is 5.28. The summed E-state index contributed by atoms with van der Waals surface area (Å²) >= 11 is 0. The van der Waals surface area contributed by atoms with Gasteiger partial charge in [0.2, 0.25) is 0 Å². The number of aromatic nitrogens is 3. The minimum absolute atomic E-state index is 0.0433. The number of likely N-dealkylation sites (tertiary alicyclic amines) is 1. The molecule has 8 nitrogen and oxygen atoms in total. The average molecular weight is 286 g/mol. The number of nitriles is 1. The maximum Gasteiger partial charge on any atom is 0.407 e. The van der Waals surface area contributed by atoms with E-state index in [1.807, 2.05) is 6.07 Å². The molecular formula is C13H14N6O2. The van der Waals surface area contributed by atoms with Crippen LogP contribution in [0.4, 0.5) is 10.6 Å². The minimum atomic E-state index is -0.885. The van der Waals surface area contributed by atoms with Crippen molar-refractivity contribution in [3.63, 3.8) is 0 Å². The summed E-state index contributed by atoms with van der Waals surface area (Å²) in [5.41, 5.74) is 0.965. The molecule has 1 aliphatic rings. The van der Waals surface area contributed by atoms with Gasteiger partial charge >= 0.3 is 6.09 Å². The molecule has 0 aliphatic carbocycles. The van der Waals surface area contributed by atoms with E-state index in [2.05, 4.69) is 15.4 Å². The van der Waals surface area contributed by atoms with Crippen LogP contribution in [0.25, 0.3) is 5.65 Å². The molecule has 1 amide bonds. The van der Waals surface area contributed by atoms with Crippen LogP contribution in [-0.2, 0) is 0 Å². The van der Waals surface area contributed by atoms with Gasteiger partial charge in [0.15, 0.2) is 11.3 Å². The number of carboxylic acid groups (broad SMARTS) is 1. The topological polar surface area (TPSA) is 107 Å². The fourth-order valence-electron chi connectivity index (χ4n) is 2.57. The van der Waals surface area contributed by atoms with Gasteiger partial charge in [-0.3, -0.25) is 0 Å². The first-order chi connectivity index (χ1) is 10.2. The zero-order chi connectivity index (χ0) is 14.8. The molecule has 1 aliphatic heterocycles. The van der Waals surface area contributed by atoms with Crippen molar-refractivity contribution in [3.05, 3.63) is 24.0 Å². The Hall–Kier alpha value is -2.82. The molecule has 3 rings (SSSR count). The molecule has 1 saturated heterocycles. The fourth-order valence-corrected chi connectivity index (χ4v) is 2.57. The predicted molar refractivity (Wildman–Crippen MR) is 73.9 cm³/mol.